The van der Waals surface area contributed by atoms with Gasteiger partial charge in [-0.1, -0.05) is 60.7 Å². The number of aliphatic imine (C=N–C) groups is 2. The van der Waals surface area contributed by atoms with Crippen LogP contribution in [0.2, 0.25) is 0 Å². The molecular weight excluding hydrogens is 725 g/mol. The fraction of sp³-hybridized carbons (Fsp3) is 0.442. The van der Waals surface area contributed by atoms with Crippen molar-refractivity contribution in [2.24, 2.45) is 22.8 Å². The number of nitrogens with two attached hydrogens (primary N) is 1. The van der Waals surface area contributed by atoms with Crippen molar-refractivity contribution in [2.45, 2.75) is 92.0 Å². The van der Waals surface area contributed by atoms with E-state index in [2.05, 4.69) is 82.1 Å². The lowest BCUT2D eigenvalue weighted by atomic mass is 9.97. The Morgan fingerprint density at radius 1 is 0.667 bits per heavy atom. The summed E-state index contributed by atoms with van der Waals surface area (Å²) in [6.45, 7) is 18.1. The van der Waals surface area contributed by atoms with Crippen LogP contribution >= 0.6 is 0 Å². The predicted molar refractivity (Wildman–Crippen MR) is 223 cm³/mol. The maximum Gasteiger partial charge on any atom is 0.437 e. The molecule has 3 amide bonds. The molecule has 57 heavy (non-hydrogen) atoms. The van der Waals surface area contributed by atoms with Gasteiger partial charge >= 0.3 is 18.3 Å². The molecule has 3 N–H and O–H groups in total. The molecule has 0 bridgehead atoms. The van der Waals surface area contributed by atoms with Crippen LogP contribution < -0.4 is 11.1 Å². The van der Waals surface area contributed by atoms with Gasteiger partial charge in [0.2, 0.25) is 11.9 Å². The summed E-state index contributed by atoms with van der Waals surface area (Å²) in [5.74, 6) is 0.236. The summed E-state index contributed by atoms with van der Waals surface area (Å²) >= 11 is 0. The minimum atomic E-state index is -0.795. The highest BCUT2D eigenvalue weighted by molar-refractivity contribution is 5.99. The fourth-order valence-corrected chi connectivity index (χ4v) is 6.24. The molecule has 14 heteroatoms. The number of nitrogens with one attached hydrogen (secondary N) is 1. The quantitative estimate of drug-likeness (QED) is 0.151. The van der Waals surface area contributed by atoms with Crippen LogP contribution in [0.1, 0.15) is 86.3 Å². The molecule has 2 aromatic carbocycles. The summed E-state index contributed by atoms with van der Waals surface area (Å²) in [4.78, 5) is 49.0. The third kappa shape index (κ3) is 12.3. The smallest absolute Gasteiger partial charge is 0.437 e. The first kappa shape index (κ1) is 42.2. The zero-order valence-corrected chi connectivity index (χ0v) is 34.8. The Labute approximate surface area is 335 Å². The zero-order valence-electron chi connectivity index (χ0n) is 34.8. The van der Waals surface area contributed by atoms with E-state index in [0.29, 0.717) is 32.6 Å². The van der Waals surface area contributed by atoms with Gasteiger partial charge in [0.15, 0.2) is 0 Å². The fourth-order valence-electron chi connectivity index (χ4n) is 6.24. The third-order valence-corrected chi connectivity index (χ3v) is 8.83. The Balaban J connectivity index is 1.22. The van der Waals surface area contributed by atoms with Gasteiger partial charge < -0.3 is 29.7 Å². The second-order valence-corrected chi connectivity index (χ2v) is 17.0. The monoisotopic (exact) mass is 780 g/mol. The number of carbonyl (C=O) groups excluding carboxylic acids is 3. The summed E-state index contributed by atoms with van der Waals surface area (Å²) in [6, 6.07) is 18.9. The normalized spacial score (nSPS) is 15.8. The molecule has 2 aliphatic heterocycles. The largest absolute Gasteiger partial charge is 0.444 e. The van der Waals surface area contributed by atoms with Gasteiger partial charge in [0.1, 0.15) is 16.8 Å². The Kier molecular flexibility index (Phi) is 12.6. The van der Waals surface area contributed by atoms with Crippen molar-refractivity contribution in [1.82, 2.24) is 24.9 Å². The molecule has 0 unspecified atom stereocenters. The maximum absolute atomic E-state index is 12.6. The number of hydrogen-bond donors (Lipinski definition) is 2. The van der Waals surface area contributed by atoms with Crippen molar-refractivity contribution < 1.29 is 28.6 Å². The molecule has 0 fully saturated rings. The van der Waals surface area contributed by atoms with Gasteiger partial charge in [-0.15, -0.1) is 9.98 Å². The molecular formula is C43H56N8O6. The van der Waals surface area contributed by atoms with Crippen LogP contribution in [0.3, 0.4) is 0 Å². The van der Waals surface area contributed by atoms with Gasteiger partial charge in [-0.2, -0.15) is 5.10 Å². The number of aromatic nitrogens is 2. The molecule has 0 atom stereocenters. The summed E-state index contributed by atoms with van der Waals surface area (Å²) < 4.78 is 17.9. The van der Waals surface area contributed by atoms with Crippen molar-refractivity contribution in [3.8, 4) is 22.5 Å². The third-order valence-electron chi connectivity index (χ3n) is 8.83. The Hall–Kier alpha value is -5.92. The lowest BCUT2D eigenvalue weighted by Crippen LogP contribution is -2.48. The van der Waals surface area contributed by atoms with Gasteiger partial charge in [-0.3, -0.25) is 10.00 Å². The first-order chi connectivity index (χ1) is 26.6. The molecule has 0 saturated heterocycles. The van der Waals surface area contributed by atoms with Gasteiger partial charge in [0.05, 0.1) is 11.4 Å². The lowest BCUT2D eigenvalue weighted by molar-refractivity contribution is 0.0551. The standard InChI is InChI=1S/C43H56N8O6/c1-41(2,3)55-38(52)45-36(44)50-23-19-30(20-24-50)28-11-15-32(16-12-28)34-27-35(49(10)48-34)33-17-13-29(14-18-33)31-21-25-51(26-22-31)37(46-39(53)56-42(4,5)6)47-40(54)57-43(7,8)9/h11-19,21,27H,20,22-26H2,1-10H3,(H2,44,45,52)(H,46,47,53,54). The minimum Gasteiger partial charge on any atom is -0.444 e. The van der Waals surface area contributed by atoms with Crippen LogP contribution in [0, 0.1) is 0 Å². The number of benzene rings is 2. The topological polar surface area (TPSA) is 166 Å². The number of nitrogens with zero attached hydrogens (tertiary/aromatic N) is 6. The molecule has 0 aliphatic carbocycles. The van der Waals surface area contributed by atoms with E-state index < -0.39 is 35.1 Å². The summed E-state index contributed by atoms with van der Waals surface area (Å²) in [5.41, 5.74) is 12.5. The zero-order chi connectivity index (χ0) is 41.7. The average Bonchev–Trinajstić information content (AvgIpc) is 3.50. The summed E-state index contributed by atoms with van der Waals surface area (Å²) in [7, 11) is 1.94. The van der Waals surface area contributed by atoms with E-state index in [1.165, 1.54) is 5.57 Å². The molecule has 0 radical (unpaired) electrons. The number of alkyl carbamates (subject to hydrolysis) is 1. The van der Waals surface area contributed by atoms with Crippen molar-refractivity contribution in [2.75, 3.05) is 26.2 Å². The number of guanidine groups is 2. The molecule has 5 rings (SSSR count). The number of carbonyl (C=O) groups is 3. The predicted octanol–water partition coefficient (Wildman–Crippen LogP) is 8.00. The van der Waals surface area contributed by atoms with Crippen molar-refractivity contribution in [3.63, 3.8) is 0 Å². The van der Waals surface area contributed by atoms with Gasteiger partial charge in [0, 0.05) is 38.8 Å². The summed E-state index contributed by atoms with van der Waals surface area (Å²) in [6.07, 6.45) is 3.42. The highest BCUT2D eigenvalue weighted by atomic mass is 16.6. The van der Waals surface area contributed by atoms with Gasteiger partial charge in [-0.25, -0.2) is 14.4 Å². The van der Waals surface area contributed by atoms with E-state index in [9.17, 15) is 14.4 Å². The number of ether oxygens (including phenoxy) is 3. The Morgan fingerprint density at radius 2 is 1.12 bits per heavy atom. The molecule has 304 valence electrons. The highest BCUT2D eigenvalue weighted by Gasteiger charge is 2.25. The number of amides is 3. The molecule has 3 heterocycles. The minimum absolute atomic E-state index is 0.0815. The molecule has 0 saturated carbocycles. The van der Waals surface area contributed by atoms with E-state index in [0.717, 1.165) is 45.6 Å². The van der Waals surface area contributed by atoms with Crippen molar-refractivity contribution in [3.05, 3.63) is 77.9 Å². The van der Waals surface area contributed by atoms with Crippen molar-refractivity contribution in [1.29, 1.82) is 0 Å². The molecule has 2 aliphatic rings. The van der Waals surface area contributed by atoms with E-state index in [4.69, 9.17) is 25.0 Å². The summed E-state index contributed by atoms with van der Waals surface area (Å²) in [5, 5.41) is 7.47. The van der Waals surface area contributed by atoms with Crippen LogP contribution in [0.25, 0.3) is 33.7 Å². The second-order valence-electron chi connectivity index (χ2n) is 17.0. The number of aryl methyl sites for hydroxylation is 1. The van der Waals surface area contributed by atoms with E-state index in [1.54, 1.807) is 62.3 Å². The average molecular weight is 781 g/mol. The van der Waals surface area contributed by atoms with E-state index >= 15 is 0 Å². The lowest BCUT2D eigenvalue weighted by Gasteiger charge is -2.30. The van der Waals surface area contributed by atoms with E-state index in [1.807, 2.05) is 21.5 Å². The molecule has 3 aromatic rings. The molecule has 1 aromatic heterocycles. The molecule has 0 spiro atoms. The maximum atomic E-state index is 12.6. The second kappa shape index (κ2) is 17.1. The first-order valence-corrected chi connectivity index (χ1v) is 19.1. The molecule has 14 nitrogen and oxygen atoms in total. The Bertz CT molecular complexity index is 2070. The SMILES string of the molecule is Cn1nc(-c2ccc(C3=CCN(/C(N)=N\C(=O)OC(C)(C)C)CC3)cc2)cc1-c1ccc(C2=CCN(/C(=N\C(=O)OC(C)(C)C)NC(=O)OC(C)(C)C)CC2)cc1. The number of rotatable bonds is 4. The van der Waals surface area contributed by atoms with Crippen LogP contribution in [0.15, 0.2) is 76.7 Å². The first-order valence-electron chi connectivity index (χ1n) is 19.1. The Morgan fingerprint density at radius 3 is 1.60 bits per heavy atom. The van der Waals surface area contributed by atoms with Crippen LogP contribution in [0.4, 0.5) is 14.4 Å². The number of hydrogen-bond acceptors (Lipinski definition) is 7. The highest BCUT2D eigenvalue weighted by Crippen LogP contribution is 2.30. The van der Waals surface area contributed by atoms with Crippen LogP contribution in [0.5, 0.6) is 0 Å². The van der Waals surface area contributed by atoms with Crippen LogP contribution in [-0.4, -0.2) is 92.8 Å². The van der Waals surface area contributed by atoms with E-state index in [-0.39, 0.29) is 11.9 Å². The van der Waals surface area contributed by atoms with Crippen LogP contribution in [-0.2, 0) is 21.3 Å². The van der Waals surface area contributed by atoms with Crippen molar-refractivity contribution >= 4 is 41.3 Å². The van der Waals surface area contributed by atoms with Gasteiger partial charge in [0.25, 0.3) is 0 Å². The van der Waals surface area contributed by atoms with Gasteiger partial charge in [-0.05, 0) is 109 Å².